The van der Waals surface area contributed by atoms with Crippen molar-refractivity contribution < 1.29 is 4.42 Å². The number of benzene rings is 2. The van der Waals surface area contributed by atoms with E-state index in [-0.39, 0.29) is 0 Å². The minimum absolute atomic E-state index is 0.631. The van der Waals surface area contributed by atoms with Gasteiger partial charge in [0.25, 0.3) is 0 Å². The van der Waals surface area contributed by atoms with Crippen molar-refractivity contribution in [3.05, 3.63) is 64.4 Å². The van der Waals surface area contributed by atoms with Gasteiger partial charge in [-0.2, -0.15) is 0 Å². The molecule has 4 rings (SSSR count). The minimum atomic E-state index is 0.631. The van der Waals surface area contributed by atoms with Gasteiger partial charge in [0.05, 0.1) is 11.4 Å². The first kappa shape index (κ1) is 14.6. The highest BCUT2D eigenvalue weighted by Crippen LogP contribution is 2.28. The zero-order valence-electron chi connectivity index (χ0n) is 11.9. The van der Waals surface area contributed by atoms with E-state index in [0.29, 0.717) is 11.6 Å². The summed E-state index contributed by atoms with van der Waals surface area (Å²) in [6.45, 7) is 0. The summed E-state index contributed by atoms with van der Waals surface area (Å²) in [5.74, 6) is 1.33. The van der Waals surface area contributed by atoms with Crippen LogP contribution >= 0.6 is 35.3 Å². The Kier molecular flexibility index (Phi) is 3.99. The maximum absolute atomic E-state index is 5.72. The van der Waals surface area contributed by atoms with Gasteiger partial charge < -0.3 is 4.42 Å². The van der Waals surface area contributed by atoms with Gasteiger partial charge in [0, 0.05) is 0 Å². The molecule has 0 aliphatic heterocycles. The summed E-state index contributed by atoms with van der Waals surface area (Å²) in [6.07, 6.45) is 0. The van der Waals surface area contributed by atoms with Crippen LogP contribution in [0.4, 0.5) is 0 Å². The molecule has 0 unspecified atom stereocenters. The van der Waals surface area contributed by atoms with Crippen LogP contribution in [0.15, 0.2) is 63.4 Å². The van der Waals surface area contributed by atoms with E-state index in [1.807, 2.05) is 54.6 Å². The molecule has 0 aliphatic rings. The van der Waals surface area contributed by atoms with Gasteiger partial charge in [0.15, 0.2) is 13.9 Å². The topological polar surface area (TPSA) is 43.9 Å². The Hall–Kier alpha value is -1.96. The van der Waals surface area contributed by atoms with Crippen LogP contribution in [0.25, 0.3) is 16.8 Å². The Labute approximate surface area is 145 Å². The second-order valence-electron chi connectivity index (χ2n) is 4.75. The molecular formula is C16H11N3OS3. The number of fused-ring (bicyclic) bond motifs is 1. The van der Waals surface area contributed by atoms with Crippen LogP contribution in [0.3, 0.4) is 0 Å². The maximum atomic E-state index is 5.72. The highest BCUT2D eigenvalue weighted by Gasteiger charge is 2.10. The van der Waals surface area contributed by atoms with Crippen LogP contribution < -0.4 is 0 Å². The third-order valence-corrected chi connectivity index (χ3v) is 5.54. The van der Waals surface area contributed by atoms with E-state index in [0.717, 1.165) is 25.1 Å². The molecule has 114 valence electrons. The maximum Gasteiger partial charge on any atom is 0.205 e. The monoisotopic (exact) mass is 357 g/mol. The molecule has 23 heavy (non-hydrogen) atoms. The molecule has 0 N–H and O–H groups in total. The summed E-state index contributed by atoms with van der Waals surface area (Å²) in [5, 5.41) is 4.57. The molecular weight excluding hydrogens is 346 g/mol. The highest BCUT2D eigenvalue weighted by molar-refractivity contribution is 8.00. The van der Waals surface area contributed by atoms with Gasteiger partial charge in [-0.15, -0.1) is 5.10 Å². The van der Waals surface area contributed by atoms with Gasteiger partial charge in [-0.3, -0.25) is 0 Å². The molecule has 0 radical (unpaired) electrons. The zero-order chi connectivity index (χ0) is 15.6. The number of thioether (sulfide) groups is 1. The lowest BCUT2D eigenvalue weighted by Gasteiger charge is -1.98. The smallest absolute Gasteiger partial charge is 0.205 e. The van der Waals surface area contributed by atoms with Gasteiger partial charge >= 0.3 is 0 Å². The number of hydrogen-bond acceptors (Lipinski definition) is 6. The molecule has 4 aromatic rings. The molecule has 0 spiro atoms. The SMILES string of the molecule is S=c1sc(SCc2nc3ccccc3o2)nn1-c1ccccc1. The van der Waals surface area contributed by atoms with Gasteiger partial charge in [-0.05, 0) is 36.5 Å². The molecule has 2 aromatic heterocycles. The van der Waals surface area contributed by atoms with Crippen LogP contribution in [0.2, 0.25) is 0 Å². The normalized spacial score (nSPS) is 11.1. The molecule has 0 aliphatic carbocycles. The highest BCUT2D eigenvalue weighted by atomic mass is 32.2. The lowest BCUT2D eigenvalue weighted by atomic mass is 10.3. The molecule has 7 heteroatoms. The number of aromatic nitrogens is 3. The molecule has 0 saturated heterocycles. The van der Waals surface area contributed by atoms with E-state index in [4.69, 9.17) is 16.6 Å². The molecule has 0 fully saturated rings. The van der Waals surface area contributed by atoms with E-state index in [1.54, 1.807) is 16.4 Å². The Balaban J connectivity index is 1.54. The summed E-state index contributed by atoms with van der Waals surface area (Å²) in [5.41, 5.74) is 2.67. The standard InChI is InChI=1S/C16H11N3OS3/c21-16-19(11-6-2-1-3-7-11)18-15(23-16)22-10-14-17-12-8-4-5-9-13(12)20-14/h1-9H,10H2. The summed E-state index contributed by atoms with van der Waals surface area (Å²) in [6, 6.07) is 17.7. The van der Waals surface area contributed by atoms with Crippen LogP contribution in [0.1, 0.15) is 5.89 Å². The van der Waals surface area contributed by atoms with Crippen LogP contribution in [-0.2, 0) is 5.75 Å². The van der Waals surface area contributed by atoms with E-state index in [1.165, 1.54) is 11.3 Å². The van der Waals surface area contributed by atoms with E-state index in [9.17, 15) is 0 Å². The lowest BCUT2D eigenvalue weighted by Crippen LogP contribution is -1.95. The Morgan fingerprint density at radius 1 is 1.09 bits per heavy atom. The fourth-order valence-electron chi connectivity index (χ4n) is 2.16. The first-order valence-electron chi connectivity index (χ1n) is 6.92. The number of rotatable bonds is 4. The number of hydrogen-bond donors (Lipinski definition) is 0. The number of para-hydroxylation sites is 3. The quantitative estimate of drug-likeness (QED) is 0.376. The second kappa shape index (κ2) is 6.27. The molecule has 4 nitrogen and oxygen atoms in total. The summed E-state index contributed by atoms with van der Waals surface area (Å²) in [4.78, 5) is 4.47. The number of nitrogens with zero attached hydrogens (tertiary/aromatic N) is 3. The molecule has 0 amide bonds. The van der Waals surface area contributed by atoms with Gasteiger partial charge in [0.1, 0.15) is 5.52 Å². The van der Waals surface area contributed by atoms with Crippen molar-refractivity contribution in [2.45, 2.75) is 10.1 Å². The van der Waals surface area contributed by atoms with Gasteiger partial charge in [-0.1, -0.05) is 53.4 Å². The predicted octanol–water partition coefficient (Wildman–Crippen LogP) is 5.10. The Bertz CT molecular complexity index is 971. The minimum Gasteiger partial charge on any atom is -0.440 e. The molecule has 2 heterocycles. The average molecular weight is 357 g/mol. The van der Waals surface area contributed by atoms with Gasteiger partial charge in [0.2, 0.25) is 5.89 Å². The summed E-state index contributed by atoms with van der Waals surface area (Å²) < 4.78 is 9.15. The molecule has 2 aromatic carbocycles. The van der Waals surface area contributed by atoms with Gasteiger partial charge in [-0.25, -0.2) is 9.67 Å². The Morgan fingerprint density at radius 2 is 1.87 bits per heavy atom. The number of oxazole rings is 1. The third-order valence-electron chi connectivity index (χ3n) is 3.19. The van der Waals surface area contributed by atoms with Crippen molar-refractivity contribution >= 4 is 46.4 Å². The van der Waals surface area contributed by atoms with Crippen molar-refractivity contribution in [2.24, 2.45) is 0 Å². The van der Waals surface area contributed by atoms with Crippen LogP contribution in [-0.4, -0.2) is 14.8 Å². The lowest BCUT2D eigenvalue weighted by molar-refractivity contribution is 0.556. The summed E-state index contributed by atoms with van der Waals surface area (Å²) in [7, 11) is 0. The first-order valence-corrected chi connectivity index (χ1v) is 9.13. The second-order valence-corrected chi connectivity index (χ2v) is 7.59. The largest absolute Gasteiger partial charge is 0.440 e. The average Bonchev–Trinajstić information content (AvgIpc) is 3.16. The van der Waals surface area contributed by atoms with E-state index < -0.39 is 0 Å². The predicted molar refractivity (Wildman–Crippen MR) is 95.8 cm³/mol. The van der Waals surface area contributed by atoms with Crippen LogP contribution in [0.5, 0.6) is 0 Å². The van der Waals surface area contributed by atoms with Crippen molar-refractivity contribution in [2.75, 3.05) is 0 Å². The van der Waals surface area contributed by atoms with E-state index in [2.05, 4.69) is 10.1 Å². The molecule has 0 bridgehead atoms. The fourth-order valence-corrected chi connectivity index (χ4v) is 4.36. The van der Waals surface area contributed by atoms with Crippen molar-refractivity contribution in [1.29, 1.82) is 0 Å². The third kappa shape index (κ3) is 3.08. The fraction of sp³-hybridized carbons (Fsp3) is 0.0625. The van der Waals surface area contributed by atoms with E-state index >= 15 is 0 Å². The van der Waals surface area contributed by atoms with Crippen molar-refractivity contribution in [3.63, 3.8) is 0 Å². The first-order chi connectivity index (χ1) is 11.3. The molecule has 0 atom stereocenters. The Morgan fingerprint density at radius 3 is 2.70 bits per heavy atom. The molecule has 0 saturated carbocycles. The van der Waals surface area contributed by atoms with Crippen LogP contribution in [0, 0.1) is 3.95 Å². The van der Waals surface area contributed by atoms with Crippen molar-refractivity contribution in [1.82, 2.24) is 14.8 Å². The van der Waals surface area contributed by atoms with Crippen molar-refractivity contribution in [3.8, 4) is 5.69 Å². The summed E-state index contributed by atoms with van der Waals surface area (Å²) >= 11 is 8.48. The zero-order valence-corrected chi connectivity index (χ0v) is 14.3.